The van der Waals surface area contributed by atoms with Gasteiger partial charge in [0.05, 0.1) is 5.56 Å². The largest absolute Gasteiger partial charge is 0.505 e. The first-order valence-corrected chi connectivity index (χ1v) is 4.06. The lowest BCUT2D eigenvalue weighted by Gasteiger charge is -2.05. The molecule has 0 aliphatic heterocycles. The first-order chi connectivity index (χ1) is 6.43. The Morgan fingerprint density at radius 3 is 2.57 bits per heavy atom. The van der Waals surface area contributed by atoms with Crippen LogP contribution in [0.5, 0.6) is 5.75 Å². The van der Waals surface area contributed by atoms with Crippen molar-refractivity contribution in [3.8, 4) is 5.75 Å². The van der Waals surface area contributed by atoms with Gasteiger partial charge in [-0.2, -0.15) is 0 Å². The van der Waals surface area contributed by atoms with Crippen molar-refractivity contribution < 1.29 is 18.7 Å². The van der Waals surface area contributed by atoms with Crippen LogP contribution in [-0.4, -0.2) is 15.3 Å². The fraction of sp³-hybridized carbons (Fsp3) is 0.143. The van der Waals surface area contributed by atoms with Crippen LogP contribution in [0.2, 0.25) is 5.15 Å². The summed E-state index contributed by atoms with van der Waals surface area (Å²) in [5.74, 6) is -0.569. The smallest absolute Gasteiger partial charge is 0.281 e. The highest BCUT2D eigenvalue weighted by Gasteiger charge is 2.21. The van der Waals surface area contributed by atoms with Gasteiger partial charge in [0.25, 0.3) is 11.7 Å². The van der Waals surface area contributed by atoms with Crippen LogP contribution in [0.3, 0.4) is 0 Å². The van der Waals surface area contributed by atoms with E-state index in [4.69, 9.17) is 28.3 Å². The molecule has 0 radical (unpaired) electrons. The molecule has 0 spiro atoms. The SMILES string of the molecule is O=C(Cl)c1cc(O)c(Cl)nc1C(F)F. The van der Waals surface area contributed by atoms with Crippen LogP contribution < -0.4 is 0 Å². The van der Waals surface area contributed by atoms with E-state index in [9.17, 15) is 13.6 Å². The molecule has 1 N–H and O–H groups in total. The van der Waals surface area contributed by atoms with Crippen molar-refractivity contribution in [2.75, 3.05) is 0 Å². The Hall–Kier alpha value is -0.940. The molecule has 0 amide bonds. The van der Waals surface area contributed by atoms with Crippen LogP contribution >= 0.6 is 23.2 Å². The van der Waals surface area contributed by atoms with Gasteiger partial charge in [0.2, 0.25) is 0 Å². The van der Waals surface area contributed by atoms with Crippen molar-refractivity contribution in [2.45, 2.75) is 6.43 Å². The second kappa shape index (κ2) is 4.06. The summed E-state index contributed by atoms with van der Waals surface area (Å²) in [6, 6.07) is 0.756. The molecule has 0 aromatic carbocycles. The average Bonchev–Trinajstić information content (AvgIpc) is 2.08. The highest BCUT2D eigenvalue weighted by Crippen LogP contribution is 2.29. The molecule has 0 unspecified atom stereocenters. The number of pyridine rings is 1. The van der Waals surface area contributed by atoms with Crippen LogP contribution in [0.4, 0.5) is 8.78 Å². The third-order valence-corrected chi connectivity index (χ3v) is 1.89. The Labute approximate surface area is 87.3 Å². The second-order valence-electron chi connectivity index (χ2n) is 2.31. The number of carbonyl (C=O) groups excluding carboxylic acids is 1. The molecule has 1 aromatic rings. The van der Waals surface area contributed by atoms with Crippen molar-refractivity contribution in [3.63, 3.8) is 0 Å². The lowest BCUT2D eigenvalue weighted by molar-refractivity contribution is 0.106. The summed E-state index contributed by atoms with van der Waals surface area (Å²) in [4.78, 5) is 13.8. The summed E-state index contributed by atoms with van der Waals surface area (Å²) in [6.45, 7) is 0. The standard InChI is InChI=1S/C7H3Cl2F2NO2/c8-5-3(13)1-2(6(9)14)4(12-5)7(10)11/h1,7,13H. The molecule has 7 heteroatoms. The number of aromatic nitrogens is 1. The monoisotopic (exact) mass is 241 g/mol. The molecule has 76 valence electrons. The van der Waals surface area contributed by atoms with Gasteiger partial charge in [0, 0.05) is 0 Å². The molecule has 0 saturated heterocycles. The number of aromatic hydroxyl groups is 1. The third-order valence-electron chi connectivity index (χ3n) is 1.41. The van der Waals surface area contributed by atoms with E-state index in [0.29, 0.717) is 0 Å². The molecule has 1 aromatic heterocycles. The number of halogens is 4. The predicted octanol–water partition coefficient (Wildman–Crippen LogP) is 2.76. The van der Waals surface area contributed by atoms with Crippen molar-refractivity contribution in [2.24, 2.45) is 0 Å². The molecule has 0 aliphatic rings. The molecule has 0 aliphatic carbocycles. The van der Waals surface area contributed by atoms with Crippen LogP contribution in [0.25, 0.3) is 0 Å². The van der Waals surface area contributed by atoms with E-state index in [2.05, 4.69) is 4.98 Å². The van der Waals surface area contributed by atoms with Gasteiger partial charge in [0.1, 0.15) is 5.69 Å². The van der Waals surface area contributed by atoms with Gasteiger partial charge in [-0.05, 0) is 17.7 Å². The minimum atomic E-state index is -2.98. The lowest BCUT2D eigenvalue weighted by atomic mass is 10.2. The Bertz CT molecular complexity index is 384. The van der Waals surface area contributed by atoms with Gasteiger partial charge in [-0.3, -0.25) is 4.79 Å². The van der Waals surface area contributed by atoms with E-state index in [1.54, 1.807) is 0 Å². The van der Waals surface area contributed by atoms with Gasteiger partial charge in [-0.25, -0.2) is 13.8 Å². The van der Waals surface area contributed by atoms with Gasteiger partial charge < -0.3 is 5.11 Å². The number of carbonyl (C=O) groups is 1. The zero-order valence-corrected chi connectivity index (χ0v) is 7.98. The fourth-order valence-electron chi connectivity index (χ4n) is 0.817. The number of rotatable bonds is 2. The lowest BCUT2D eigenvalue weighted by Crippen LogP contribution is -2.01. The maximum absolute atomic E-state index is 12.3. The maximum atomic E-state index is 12.3. The molecular weight excluding hydrogens is 239 g/mol. The van der Waals surface area contributed by atoms with Crippen molar-refractivity contribution in [1.29, 1.82) is 0 Å². The topological polar surface area (TPSA) is 50.2 Å². The summed E-state index contributed by atoms with van der Waals surface area (Å²) in [7, 11) is 0. The van der Waals surface area contributed by atoms with E-state index in [0.717, 1.165) is 6.07 Å². The normalized spacial score (nSPS) is 10.6. The highest BCUT2D eigenvalue weighted by molar-refractivity contribution is 6.68. The summed E-state index contributed by atoms with van der Waals surface area (Å²) in [6.07, 6.45) is -2.98. The Balaban J connectivity index is 3.39. The Morgan fingerprint density at radius 1 is 1.57 bits per heavy atom. The van der Waals surface area contributed by atoms with Gasteiger partial charge in [0.15, 0.2) is 10.9 Å². The summed E-state index contributed by atoms with van der Waals surface area (Å²) < 4.78 is 24.6. The molecule has 0 fully saturated rings. The zero-order chi connectivity index (χ0) is 10.9. The van der Waals surface area contributed by atoms with Crippen LogP contribution in [0, 0.1) is 0 Å². The van der Waals surface area contributed by atoms with E-state index in [1.807, 2.05) is 0 Å². The van der Waals surface area contributed by atoms with Crippen LogP contribution in [0.1, 0.15) is 22.5 Å². The zero-order valence-electron chi connectivity index (χ0n) is 6.47. The first kappa shape index (κ1) is 11.1. The summed E-state index contributed by atoms with van der Waals surface area (Å²) in [5.41, 5.74) is -1.39. The van der Waals surface area contributed by atoms with Crippen LogP contribution in [0.15, 0.2) is 6.07 Å². The molecule has 1 rings (SSSR count). The van der Waals surface area contributed by atoms with Gasteiger partial charge in [-0.1, -0.05) is 11.6 Å². The van der Waals surface area contributed by atoms with Crippen LogP contribution in [-0.2, 0) is 0 Å². The molecule has 0 atom stereocenters. The number of hydrogen-bond donors (Lipinski definition) is 1. The van der Waals surface area contributed by atoms with E-state index in [-0.39, 0.29) is 0 Å². The van der Waals surface area contributed by atoms with Gasteiger partial charge >= 0.3 is 0 Å². The number of alkyl halides is 2. The second-order valence-corrected chi connectivity index (χ2v) is 3.01. The molecule has 3 nitrogen and oxygen atoms in total. The Morgan fingerprint density at radius 2 is 2.14 bits per heavy atom. The summed E-state index contributed by atoms with van der Waals surface area (Å²) in [5, 5.41) is 7.38. The van der Waals surface area contributed by atoms with Crippen molar-refractivity contribution in [1.82, 2.24) is 4.98 Å². The predicted molar refractivity (Wildman–Crippen MR) is 46.1 cm³/mol. The van der Waals surface area contributed by atoms with Crippen molar-refractivity contribution in [3.05, 3.63) is 22.5 Å². The fourth-order valence-corrected chi connectivity index (χ4v) is 1.11. The summed E-state index contributed by atoms with van der Waals surface area (Å²) >= 11 is 10.3. The minimum Gasteiger partial charge on any atom is -0.505 e. The van der Waals surface area contributed by atoms with Crippen molar-refractivity contribution >= 4 is 28.4 Å². The molecule has 1 heterocycles. The molecule has 0 bridgehead atoms. The average molecular weight is 242 g/mol. The quantitative estimate of drug-likeness (QED) is 0.640. The minimum absolute atomic E-state index is 0.498. The van der Waals surface area contributed by atoms with E-state index < -0.39 is 33.8 Å². The highest BCUT2D eigenvalue weighted by atomic mass is 35.5. The number of hydrogen-bond acceptors (Lipinski definition) is 3. The van der Waals surface area contributed by atoms with E-state index in [1.165, 1.54) is 0 Å². The van der Waals surface area contributed by atoms with E-state index >= 15 is 0 Å². The molecule has 14 heavy (non-hydrogen) atoms. The third kappa shape index (κ3) is 2.10. The van der Waals surface area contributed by atoms with Gasteiger partial charge in [-0.15, -0.1) is 0 Å². The Kier molecular flexibility index (Phi) is 3.23. The maximum Gasteiger partial charge on any atom is 0.281 e. The molecular formula is C7H3Cl2F2NO2. The molecule has 0 saturated carbocycles. The first-order valence-electron chi connectivity index (χ1n) is 3.31. The number of nitrogens with zero attached hydrogens (tertiary/aromatic N) is 1.